The predicted octanol–water partition coefficient (Wildman–Crippen LogP) is 1.41. The van der Waals surface area contributed by atoms with Gasteiger partial charge in [-0.2, -0.15) is 0 Å². The van der Waals surface area contributed by atoms with Crippen molar-refractivity contribution in [3.05, 3.63) is 29.3 Å². The average molecular weight is 279 g/mol. The summed E-state index contributed by atoms with van der Waals surface area (Å²) in [5.41, 5.74) is 5.17. The van der Waals surface area contributed by atoms with Crippen LogP contribution in [-0.4, -0.2) is 27.0 Å². The Morgan fingerprint density at radius 3 is 2.06 bits per heavy atom. The molecule has 1 rings (SSSR count). The number of ether oxygens (including phenoxy) is 1. The molecule has 2 atom stereocenters. The van der Waals surface area contributed by atoms with Crippen LogP contribution in [0.5, 0.6) is 5.75 Å². The number of benzene rings is 1. The molecule has 0 amide bonds. The van der Waals surface area contributed by atoms with E-state index in [1.54, 1.807) is 0 Å². The van der Waals surface area contributed by atoms with Crippen molar-refractivity contribution in [1.29, 1.82) is 0 Å². The fraction of sp³-hybridized carbons (Fsp3) is 0.455. The number of methoxy groups -OCH3 is 1. The third-order valence-corrected chi connectivity index (χ3v) is 4.45. The van der Waals surface area contributed by atoms with Crippen LogP contribution in [0.15, 0.2) is 12.1 Å². The zero-order valence-electron chi connectivity index (χ0n) is 10.3. The maximum atomic E-state index is 13.7. The highest BCUT2D eigenvalue weighted by Gasteiger charge is 2.29. The molecule has 0 aliphatic rings. The lowest BCUT2D eigenvalue weighted by atomic mass is 10.0. The second-order valence-corrected chi connectivity index (χ2v) is 6.47. The standard InChI is InChI=1S/C11H15F2NO3S/c1-6(18(3,15)16)11(14)10-8(12)4-7(17-2)5-9(10)13/h4-6,11H,14H2,1-3H3. The van der Waals surface area contributed by atoms with Crippen molar-refractivity contribution >= 4 is 9.84 Å². The van der Waals surface area contributed by atoms with Gasteiger partial charge in [-0.05, 0) is 6.92 Å². The molecule has 0 saturated carbocycles. The molecule has 7 heteroatoms. The van der Waals surface area contributed by atoms with Crippen molar-refractivity contribution in [3.63, 3.8) is 0 Å². The van der Waals surface area contributed by atoms with E-state index in [2.05, 4.69) is 0 Å². The number of halogens is 2. The first-order valence-electron chi connectivity index (χ1n) is 5.16. The molecule has 0 saturated heterocycles. The van der Waals surface area contributed by atoms with E-state index in [1.807, 2.05) is 0 Å². The lowest BCUT2D eigenvalue weighted by molar-refractivity contribution is 0.403. The number of hydrogen-bond acceptors (Lipinski definition) is 4. The van der Waals surface area contributed by atoms with Gasteiger partial charge in [0.1, 0.15) is 17.4 Å². The molecule has 0 radical (unpaired) electrons. The number of rotatable bonds is 4. The molecule has 0 bridgehead atoms. The van der Waals surface area contributed by atoms with Gasteiger partial charge in [-0.25, -0.2) is 17.2 Å². The molecule has 4 nitrogen and oxygen atoms in total. The molecule has 0 fully saturated rings. The molecule has 0 spiro atoms. The average Bonchev–Trinajstić information content (AvgIpc) is 2.25. The summed E-state index contributed by atoms with van der Waals surface area (Å²) in [5, 5.41) is -1.09. The smallest absolute Gasteiger partial charge is 0.151 e. The first-order chi connectivity index (χ1) is 8.18. The van der Waals surface area contributed by atoms with Crippen LogP contribution in [0.2, 0.25) is 0 Å². The first kappa shape index (κ1) is 14.8. The highest BCUT2D eigenvalue weighted by atomic mass is 32.2. The SMILES string of the molecule is COc1cc(F)c(C(N)C(C)S(C)(=O)=O)c(F)c1. The third-order valence-electron chi connectivity index (χ3n) is 2.80. The molecule has 102 valence electrons. The van der Waals surface area contributed by atoms with Crippen molar-refractivity contribution in [3.8, 4) is 5.75 Å². The van der Waals surface area contributed by atoms with E-state index in [9.17, 15) is 17.2 Å². The molecule has 18 heavy (non-hydrogen) atoms. The largest absolute Gasteiger partial charge is 0.497 e. The number of sulfone groups is 1. The summed E-state index contributed by atoms with van der Waals surface area (Å²) in [6.45, 7) is 1.31. The van der Waals surface area contributed by atoms with Gasteiger partial charge in [0.2, 0.25) is 0 Å². The van der Waals surface area contributed by atoms with E-state index < -0.39 is 38.3 Å². The Balaban J connectivity index is 3.26. The van der Waals surface area contributed by atoms with Gasteiger partial charge in [0.25, 0.3) is 0 Å². The zero-order valence-corrected chi connectivity index (χ0v) is 11.1. The molecule has 2 unspecified atom stereocenters. The summed E-state index contributed by atoms with van der Waals surface area (Å²) in [4.78, 5) is 0. The Morgan fingerprint density at radius 2 is 1.72 bits per heavy atom. The van der Waals surface area contributed by atoms with Crippen molar-refractivity contribution in [1.82, 2.24) is 0 Å². The van der Waals surface area contributed by atoms with Crippen molar-refractivity contribution in [2.24, 2.45) is 5.73 Å². The normalized spacial score (nSPS) is 15.2. The summed E-state index contributed by atoms with van der Waals surface area (Å²) in [6, 6.07) is 0.659. The molecule has 0 aromatic heterocycles. The van der Waals surface area contributed by atoms with Crippen LogP contribution < -0.4 is 10.5 Å². The van der Waals surface area contributed by atoms with Gasteiger partial charge in [0.15, 0.2) is 9.84 Å². The Hall–Kier alpha value is -1.21. The lowest BCUT2D eigenvalue weighted by Crippen LogP contribution is -2.31. The highest BCUT2D eigenvalue weighted by Crippen LogP contribution is 2.28. The van der Waals surface area contributed by atoms with E-state index in [-0.39, 0.29) is 5.75 Å². The fourth-order valence-corrected chi connectivity index (χ4v) is 2.17. The van der Waals surface area contributed by atoms with Crippen LogP contribution in [0.4, 0.5) is 8.78 Å². The van der Waals surface area contributed by atoms with Gasteiger partial charge >= 0.3 is 0 Å². The van der Waals surface area contributed by atoms with Gasteiger partial charge in [-0.1, -0.05) is 0 Å². The van der Waals surface area contributed by atoms with Crippen LogP contribution in [0.3, 0.4) is 0 Å². The third kappa shape index (κ3) is 2.97. The van der Waals surface area contributed by atoms with E-state index >= 15 is 0 Å². The quantitative estimate of drug-likeness (QED) is 0.904. The number of hydrogen-bond donors (Lipinski definition) is 1. The van der Waals surface area contributed by atoms with Crippen LogP contribution in [0, 0.1) is 11.6 Å². The van der Waals surface area contributed by atoms with Crippen molar-refractivity contribution < 1.29 is 21.9 Å². The second kappa shape index (κ2) is 5.19. The Bertz CT molecular complexity index is 522. The molecule has 2 N–H and O–H groups in total. The topological polar surface area (TPSA) is 69.4 Å². The van der Waals surface area contributed by atoms with E-state index in [0.717, 1.165) is 18.4 Å². The number of nitrogens with two attached hydrogens (primary N) is 1. The highest BCUT2D eigenvalue weighted by molar-refractivity contribution is 7.91. The first-order valence-corrected chi connectivity index (χ1v) is 7.11. The summed E-state index contributed by atoms with van der Waals surface area (Å²) in [5.74, 6) is -1.84. The van der Waals surface area contributed by atoms with E-state index in [0.29, 0.717) is 0 Å². The van der Waals surface area contributed by atoms with Crippen LogP contribution in [-0.2, 0) is 9.84 Å². The summed E-state index contributed by atoms with van der Waals surface area (Å²) in [6.07, 6.45) is 0.969. The predicted molar refractivity (Wildman–Crippen MR) is 64.1 cm³/mol. The van der Waals surface area contributed by atoms with Gasteiger partial charge in [0, 0.05) is 24.0 Å². The van der Waals surface area contributed by atoms with E-state index in [1.165, 1.54) is 14.0 Å². The molecular formula is C11H15F2NO3S. The van der Waals surface area contributed by atoms with Gasteiger partial charge in [-0.15, -0.1) is 0 Å². The Kier molecular flexibility index (Phi) is 4.28. The molecule has 0 heterocycles. The summed E-state index contributed by atoms with van der Waals surface area (Å²) >= 11 is 0. The van der Waals surface area contributed by atoms with E-state index in [4.69, 9.17) is 10.5 Å². The van der Waals surface area contributed by atoms with Crippen LogP contribution in [0.25, 0.3) is 0 Å². The van der Waals surface area contributed by atoms with Gasteiger partial charge in [0.05, 0.1) is 18.4 Å². The lowest BCUT2D eigenvalue weighted by Gasteiger charge is -2.20. The van der Waals surface area contributed by atoms with Crippen LogP contribution in [0.1, 0.15) is 18.5 Å². The molecule has 1 aromatic carbocycles. The minimum absolute atomic E-state index is 0.00737. The van der Waals surface area contributed by atoms with Crippen LogP contribution >= 0.6 is 0 Å². The molecule has 0 aliphatic carbocycles. The molecular weight excluding hydrogens is 264 g/mol. The molecule has 1 aromatic rings. The minimum Gasteiger partial charge on any atom is -0.497 e. The maximum Gasteiger partial charge on any atom is 0.151 e. The summed E-state index contributed by atoms with van der Waals surface area (Å²) in [7, 11) is -2.22. The van der Waals surface area contributed by atoms with Gasteiger partial charge < -0.3 is 10.5 Å². The van der Waals surface area contributed by atoms with Gasteiger partial charge in [-0.3, -0.25) is 0 Å². The maximum absolute atomic E-state index is 13.7. The molecule has 0 aliphatic heterocycles. The summed E-state index contributed by atoms with van der Waals surface area (Å²) < 4.78 is 54.8. The monoisotopic (exact) mass is 279 g/mol. The Labute approximate surface area is 105 Å². The fourth-order valence-electron chi connectivity index (χ4n) is 1.50. The minimum atomic E-state index is -3.49. The Morgan fingerprint density at radius 1 is 1.28 bits per heavy atom. The van der Waals surface area contributed by atoms with Crippen molar-refractivity contribution in [2.45, 2.75) is 18.2 Å². The zero-order chi connectivity index (χ0) is 14.1. The van der Waals surface area contributed by atoms with Crippen molar-refractivity contribution in [2.75, 3.05) is 13.4 Å². The second-order valence-electron chi connectivity index (χ2n) is 4.07.